The molecule has 2 aliphatic rings. The Bertz CT molecular complexity index is 668. The normalized spacial score (nSPS) is 25.2. The SMILES string of the molecule is CN=C(NCC1(c2cccs2)CCCCC1)NC1CCS(=O)(=O)C1.I. The van der Waals surface area contributed by atoms with Crippen LogP contribution in [0, 0.1) is 0 Å². The summed E-state index contributed by atoms with van der Waals surface area (Å²) in [7, 11) is -1.13. The maximum absolute atomic E-state index is 11.6. The molecule has 3 rings (SSSR count). The number of halogens is 1. The zero-order valence-electron chi connectivity index (χ0n) is 14.7. The summed E-state index contributed by atoms with van der Waals surface area (Å²) < 4.78 is 23.2. The van der Waals surface area contributed by atoms with E-state index in [9.17, 15) is 8.42 Å². The molecule has 5 nitrogen and oxygen atoms in total. The highest BCUT2D eigenvalue weighted by Gasteiger charge is 2.35. The largest absolute Gasteiger partial charge is 0.355 e. The molecule has 0 aromatic carbocycles. The predicted octanol–water partition coefficient (Wildman–Crippen LogP) is 2.92. The Morgan fingerprint density at radius 1 is 1.36 bits per heavy atom. The molecule has 2 N–H and O–H groups in total. The van der Waals surface area contributed by atoms with Gasteiger partial charge >= 0.3 is 0 Å². The third kappa shape index (κ3) is 5.32. The van der Waals surface area contributed by atoms with Crippen molar-refractivity contribution < 1.29 is 8.42 Å². The standard InChI is InChI=1S/C17H27N3O2S2.HI/c1-18-16(20-14-7-11-24(21,22)12-14)19-13-17(8-3-2-4-9-17)15-6-5-10-23-15;/h5-6,10,14H,2-4,7-9,11-13H2,1H3,(H2,18,19,20);1H. The molecular weight excluding hydrogens is 469 g/mol. The van der Waals surface area contributed by atoms with Gasteiger partial charge in [-0.25, -0.2) is 8.42 Å². The van der Waals surface area contributed by atoms with Crippen LogP contribution in [0.4, 0.5) is 0 Å². The van der Waals surface area contributed by atoms with Crippen LogP contribution in [-0.4, -0.2) is 45.5 Å². The number of thiophene rings is 1. The van der Waals surface area contributed by atoms with Gasteiger partial charge in [-0.2, -0.15) is 0 Å². The minimum Gasteiger partial charge on any atom is -0.355 e. The Morgan fingerprint density at radius 3 is 2.68 bits per heavy atom. The fourth-order valence-corrected chi connectivity index (χ4v) is 6.53. The average Bonchev–Trinajstić information content (AvgIpc) is 3.22. The van der Waals surface area contributed by atoms with Crippen LogP contribution >= 0.6 is 35.3 Å². The second kappa shape index (κ2) is 9.03. The number of rotatable bonds is 4. The molecule has 0 bridgehead atoms. The van der Waals surface area contributed by atoms with Crippen LogP contribution in [0.25, 0.3) is 0 Å². The molecule has 1 aromatic heterocycles. The van der Waals surface area contributed by atoms with E-state index in [2.05, 4.69) is 33.1 Å². The number of sulfone groups is 1. The molecule has 1 unspecified atom stereocenters. The second-order valence-electron chi connectivity index (χ2n) is 6.99. The molecule has 8 heteroatoms. The minimum absolute atomic E-state index is 0. The van der Waals surface area contributed by atoms with E-state index in [1.165, 1.54) is 37.0 Å². The van der Waals surface area contributed by atoms with Gasteiger partial charge < -0.3 is 10.6 Å². The Labute approximate surface area is 172 Å². The van der Waals surface area contributed by atoms with Crippen LogP contribution in [-0.2, 0) is 15.3 Å². The molecule has 1 saturated carbocycles. The first-order valence-corrected chi connectivity index (χ1v) is 11.4. The number of aliphatic imine (C=N–C) groups is 1. The average molecular weight is 497 g/mol. The number of nitrogens with one attached hydrogen (secondary N) is 2. The molecule has 0 amide bonds. The number of hydrogen-bond donors (Lipinski definition) is 2. The predicted molar refractivity (Wildman–Crippen MR) is 116 cm³/mol. The molecule has 142 valence electrons. The van der Waals surface area contributed by atoms with E-state index in [1.54, 1.807) is 7.05 Å². The molecule has 1 saturated heterocycles. The van der Waals surface area contributed by atoms with Gasteiger partial charge in [-0.15, -0.1) is 35.3 Å². The summed E-state index contributed by atoms with van der Waals surface area (Å²) in [5.41, 5.74) is 0.186. The summed E-state index contributed by atoms with van der Waals surface area (Å²) in [6, 6.07) is 4.36. The highest BCUT2D eigenvalue weighted by Crippen LogP contribution is 2.41. The highest BCUT2D eigenvalue weighted by molar-refractivity contribution is 14.0. The lowest BCUT2D eigenvalue weighted by Gasteiger charge is -2.37. The first-order valence-electron chi connectivity index (χ1n) is 8.75. The van der Waals surface area contributed by atoms with E-state index < -0.39 is 9.84 Å². The fraction of sp³-hybridized carbons (Fsp3) is 0.706. The summed E-state index contributed by atoms with van der Waals surface area (Å²) in [6.45, 7) is 0.854. The highest BCUT2D eigenvalue weighted by atomic mass is 127. The molecule has 1 atom stereocenters. The third-order valence-corrected chi connectivity index (χ3v) is 8.13. The summed E-state index contributed by atoms with van der Waals surface area (Å²) in [4.78, 5) is 5.75. The zero-order chi connectivity index (χ0) is 17.0. The Balaban J connectivity index is 0.00000225. The zero-order valence-corrected chi connectivity index (χ0v) is 18.6. The van der Waals surface area contributed by atoms with E-state index in [0.717, 1.165) is 12.5 Å². The molecule has 25 heavy (non-hydrogen) atoms. The van der Waals surface area contributed by atoms with Gasteiger partial charge in [0.2, 0.25) is 0 Å². The van der Waals surface area contributed by atoms with E-state index >= 15 is 0 Å². The molecule has 0 spiro atoms. The Kier molecular flexibility index (Phi) is 7.57. The lowest BCUT2D eigenvalue weighted by atomic mass is 9.73. The van der Waals surface area contributed by atoms with Crippen LogP contribution in [0.3, 0.4) is 0 Å². The van der Waals surface area contributed by atoms with Crippen LogP contribution in [0.5, 0.6) is 0 Å². The van der Waals surface area contributed by atoms with Gasteiger partial charge in [0.05, 0.1) is 11.5 Å². The summed E-state index contributed by atoms with van der Waals surface area (Å²) in [5.74, 6) is 1.21. The van der Waals surface area contributed by atoms with Gasteiger partial charge in [-0.1, -0.05) is 25.3 Å². The van der Waals surface area contributed by atoms with Crippen molar-refractivity contribution in [2.24, 2.45) is 4.99 Å². The van der Waals surface area contributed by atoms with Gasteiger partial charge in [0, 0.05) is 29.9 Å². The molecule has 1 aliphatic carbocycles. The van der Waals surface area contributed by atoms with E-state index in [1.807, 2.05) is 11.3 Å². The smallest absolute Gasteiger partial charge is 0.191 e. The lowest BCUT2D eigenvalue weighted by Crippen LogP contribution is -2.49. The van der Waals surface area contributed by atoms with Crippen molar-refractivity contribution in [2.75, 3.05) is 25.1 Å². The van der Waals surface area contributed by atoms with Crippen molar-refractivity contribution >= 4 is 51.1 Å². The summed E-state index contributed by atoms with van der Waals surface area (Å²) in [6.07, 6.45) is 6.93. The number of hydrogen-bond acceptors (Lipinski definition) is 4. The van der Waals surface area contributed by atoms with Crippen molar-refractivity contribution in [1.82, 2.24) is 10.6 Å². The van der Waals surface area contributed by atoms with Crippen molar-refractivity contribution in [3.05, 3.63) is 22.4 Å². The van der Waals surface area contributed by atoms with Gasteiger partial charge in [0.1, 0.15) is 0 Å². The molecule has 2 heterocycles. The van der Waals surface area contributed by atoms with Crippen LogP contribution in [0.15, 0.2) is 22.5 Å². The van der Waals surface area contributed by atoms with Crippen molar-refractivity contribution in [2.45, 2.75) is 50.0 Å². The maximum Gasteiger partial charge on any atom is 0.191 e. The van der Waals surface area contributed by atoms with E-state index in [-0.39, 0.29) is 46.9 Å². The van der Waals surface area contributed by atoms with Gasteiger partial charge in [0.25, 0.3) is 0 Å². The first kappa shape index (κ1) is 21.0. The fourth-order valence-electron chi connectivity index (χ4n) is 3.87. The lowest BCUT2D eigenvalue weighted by molar-refractivity contribution is 0.296. The minimum atomic E-state index is -2.88. The Hall–Kier alpha value is -0.350. The molecule has 1 aliphatic heterocycles. The van der Waals surface area contributed by atoms with Crippen molar-refractivity contribution in [3.8, 4) is 0 Å². The van der Waals surface area contributed by atoms with E-state index in [0.29, 0.717) is 6.42 Å². The molecule has 1 aromatic rings. The molecular formula is C17H28IN3O2S2. The van der Waals surface area contributed by atoms with Gasteiger partial charge in [0.15, 0.2) is 15.8 Å². The maximum atomic E-state index is 11.6. The third-order valence-electron chi connectivity index (χ3n) is 5.25. The second-order valence-corrected chi connectivity index (χ2v) is 10.2. The number of nitrogens with zero attached hydrogens (tertiary/aromatic N) is 1. The van der Waals surface area contributed by atoms with Crippen LogP contribution in [0.2, 0.25) is 0 Å². The van der Waals surface area contributed by atoms with Crippen LogP contribution in [0.1, 0.15) is 43.4 Å². The summed E-state index contributed by atoms with van der Waals surface area (Å²) in [5, 5.41) is 8.91. The van der Waals surface area contributed by atoms with E-state index in [4.69, 9.17) is 0 Å². The first-order chi connectivity index (χ1) is 11.5. The monoisotopic (exact) mass is 497 g/mol. The summed E-state index contributed by atoms with van der Waals surface area (Å²) >= 11 is 1.84. The number of guanidine groups is 1. The molecule has 2 fully saturated rings. The van der Waals surface area contributed by atoms with Gasteiger partial charge in [-0.05, 0) is 30.7 Å². The van der Waals surface area contributed by atoms with Crippen LogP contribution < -0.4 is 10.6 Å². The quantitative estimate of drug-likeness (QED) is 0.382. The Morgan fingerprint density at radius 2 is 2.12 bits per heavy atom. The van der Waals surface area contributed by atoms with Gasteiger partial charge in [-0.3, -0.25) is 4.99 Å². The molecule has 0 radical (unpaired) electrons. The topological polar surface area (TPSA) is 70.6 Å². The van der Waals surface area contributed by atoms with Crippen molar-refractivity contribution in [3.63, 3.8) is 0 Å². The van der Waals surface area contributed by atoms with Crippen molar-refractivity contribution in [1.29, 1.82) is 0 Å².